The van der Waals surface area contributed by atoms with Gasteiger partial charge in [-0.1, -0.05) is 47.4 Å². The van der Waals surface area contributed by atoms with Crippen molar-refractivity contribution >= 4 is 61.4 Å². The molecule has 8 heteroatoms. The summed E-state index contributed by atoms with van der Waals surface area (Å²) >= 11 is 6.22. The molecule has 0 saturated heterocycles. The highest BCUT2D eigenvalue weighted by Crippen LogP contribution is 2.29. The molecule has 0 spiro atoms. The minimum atomic E-state index is -0.0823. The van der Waals surface area contributed by atoms with Crippen molar-refractivity contribution in [2.75, 3.05) is 16.4 Å². The number of hydrogen-bond donors (Lipinski definition) is 2. The second kappa shape index (κ2) is 8.66. The molecule has 0 unspecified atom stereocenters. The van der Waals surface area contributed by atoms with Gasteiger partial charge < -0.3 is 10.6 Å². The molecule has 5 nitrogen and oxygen atoms in total. The molecule has 2 N–H and O–H groups in total. The first kappa shape index (κ1) is 18.9. The molecule has 3 aromatic rings. The van der Waals surface area contributed by atoms with Crippen LogP contribution >= 0.6 is 39.0 Å². The monoisotopic (exact) mass is 448 g/mol. The Morgan fingerprint density at radius 3 is 2.69 bits per heavy atom. The predicted molar refractivity (Wildman–Crippen MR) is 113 cm³/mol. The van der Waals surface area contributed by atoms with Crippen molar-refractivity contribution in [2.24, 2.45) is 0 Å². The van der Waals surface area contributed by atoms with Gasteiger partial charge in [-0.2, -0.15) is 0 Å². The summed E-state index contributed by atoms with van der Waals surface area (Å²) in [6, 6.07) is 13.6. The molecule has 0 atom stereocenters. The van der Waals surface area contributed by atoms with Gasteiger partial charge in [-0.05, 0) is 59.1 Å². The number of carbonyl (C=O) groups is 1. The van der Waals surface area contributed by atoms with Crippen LogP contribution in [0.1, 0.15) is 11.1 Å². The summed E-state index contributed by atoms with van der Waals surface area (Å²) in [7, 11) is 0. The number of aryl methyl sites for hydroxylation is 1. The molecule has 0 radical (unpaired) electrons. The number of thioether (sulfide) groups is 1. The Labute approximate surface area is 168 Å². The Balaban J connectivity index is 1.56. The summed E-state index contributed by atoms with van der Waals surface area (Å²) in [5.41, 5.74) is 4.18. The average molecular weight is 449 g/mol. The molecule has 0 fully saturated rings. The summed E-state index contributed by atoms with van der Waals surface area (Å²) in [5, 5.41) is 15.2. The van der Waals surface area contributed by atoms with Crippen molar-refractivity contribution in [3.63, 3.8) is 0 Å². The second-order valence-electron chi connectivity index (χ2n) is 5.56. The maximum absolute atomic E-state index is 12.1. The lowest BCUT2D eigenvalue weighted by molar-refractivity contribution is -0.113. The van der Waals surface area contributed by atoms with E-state index in [-0.39, 0.29) is 11.7 Å². The summed E-state index contributed by atoms with van der Waals surface area (Å²) in [4.78, 5) is 12.1. The number of amides is 1. The minimum Gasteiger partial charge on any atom is -0.330 e. The van der Waals surface area contributed by atoms with Gasteiger partial charge >= 0.3 is 0 Å². The third-order valence-electron chi connectivity index (χ3n) is 3.73. The van der Waals surface area contributed by atoms with E-state index in [0.29, 0.717) is 5.13 Å². The molecular weight excluding hydrogens is 432 g/mol. The highest BCUT2D eigenvalue weighted by molar-refractivity contribution is 9.10. The van der Waals surface area contributed by atoms with Crippen molar-refractivity contribution in [3.8, 4) is 0 Å². The molecular formula is C18H17BrN4OS2. The van der Waals surface area contributed by atoms with E-state index in [2.05, 4.69) is 56.7 Å². The van der Waals surface area contributed by atoms with Gasteiger partial charge in [-0.25, -0.2) is 0 Å². The first-order chi connectivity index (χ1) is 12.5. The third kappa shape index (κ3) is 4.84. The van der Waals surface area contributed by atoms with Gasteiger partial charge in [0.1, 0.15) is 0 Å². The Kier molecular flexibility index (Phi) is 6.29. The topological polar surface area (TPSA) is 66.9 Å². The summed E-state index contributed by atoms with van der Waals surface area (Å²) in [5.74, 6) is 0.195. The fourth-order valence-electron chi connectivity index (χ4n) is 2.20. The number of nitrogens with one attached hydrogen (secondary N) is 2. The number of hydrogen-bond acceptors (Lipinski definition) is 6. The van der Waals surface area contributed by atoms with E-state index in [1.807, 2.05) is 36.4 Å². The van der Waals surface area contributed by atoms with Gasteiger partial charge in [0.2, 0.25) is 11.0 Å². The second-order valence-corrected chi connectivity index (χ2v) is 8.62. The van der Waals surface area contributed by atoms with Gasteiger partial charge in [-0.15, -0.1) is 10.2 Å². The third-order valence-corrected chi connectivity index (χ3v) is 6.39. The number of halogens is 1. The van der Waals surface area contributed by atoms with Crippen molar-refractivity contribution < 1.29 is 4.79 Å². The van der Waals surface area contributed by atoms with Crippen LogP contribution < -0.4 is 10.6 Å². The lowest BCUT2D eigenvalue weighted by Crippen LogP contribution is -2.14. The fourth-order valence-corrected chi connectivity index (χ4v) is 4.14. The van der Waals surface area contributed by atoms with E-state index in [1.165, 1.54) is 34.2 Å². The number of anilines is 3. The summed E-state index contributed by atoms with van der Waals surface area (Å²) < 4.78 is 1.61. The van der Waals surface area contributed by atoms with Crippen LogP contribution in [0.5, 0.6) is 0 Å². The van der Waals surface area contributed by atoms with E-state index >= 15 is 0 Å². The minimum absolute atomic E-state index is 0.0823. The van der Waals surface area contributed by atoms with Gasteiger partial charge in [0.25, 0.3) is 0 Å². The first-order valence-electron chi connectivity index (χ1n) is 7.87. The van der Waals surface area contributed by atoms with Crippen LogP contribution in [0.25, 0.3) is 0 Å². The zero-order valence-electron chi connectivity index (χ0n) is 14.2. The number of rotatable bonds is 6. The zero-order chi connectivity index (χ0) is 18.5. The van der Waals surface area contributed by atoms with Crippen LogP contribution in [0.2, 0.25) is 0 Å². The van der Waals surface area contributed by atoms with Crippen LogP contribution in [0.15, 0.2) is 51.3 Å². The number of aromatic nitrogens is 2. The summed E-state index contributed by atoms with van der Waals surface area (Å²) in [6.07, 6.45) is 0. The number of para-hydroxylation sites is 1. The standard InChI is InChI=1S/C18H17BrN4OS2/c1-11-6-5-9-14(12(11)2)21-17-22-23-18(26-17)25-10-16(24)20-15-8-4-3-7-13(15)19/h3-9H,10H2,1-2H3,(H,20,24)(H,21,22). The van der Waals surface area contributed by atoms with Gasteiger partial charge in [0.05, 0.1) is 11.4 Å². The van der Waals surface area contributed by atoms with Crippen LogP contribution in [-0.2, 0) is 4.79 Å². The van der Waals surface area contributed by atoms with Crippen molar-refractivity contribution in [1.29, 1.82) is 0 Å². The smallest absolute Gasteiger partial charge is 0.234 e. The molecule has 3 rings (SSSR count). The molecule has 0 aliphatic rings. The van der Waals surface area contributed by atoms with E-state index in [9.17, 15) is 4.79 Å². The number of nitrogens with zero attached hydrogens (tertiary/aromatic N) is 2. The highest BCUT2D eigenvalue weighted by Gasteiger charge is 2.10. The summed E-state index contributed by atoms with van der Waals surface area (Å²) in [6.45, 7) is 4.14. The van der Waals surface area contributed by atoms with Crippen LogP contribution in [-0.4, -0.2) is 21.9 Å². The first-order valence-corrected chi connectivity index (χ1v) is 10.5. The molecule has 0 aliphatic heterocycles. The van der Waals surface area contributed by atoms with Crippen LogP contribution in [0, 0.1) is 13.8 Å². The number of carbonyl (C=O) groups excluding carboxylic acids is 1. The van der Waals surface area contributed by atoms with Gasteiger partial charge in [0.15, 0.2) is 4.34 Å². The molecule has 26 heavy (non-hydrogen) atoms. The van der Waals surface area contributed by atoms with Crippen molar-refractivity contribution in [1.82, 2.24) is 10.2 Å². The largest absolute Gasteiger partial charge is 0.330 e. The molecule has 2 aromatic carbocycles. The maximum Gasteiger partial charge on any atom is 0.234 e. The van der Waals surface area contributed by atoms with Gasteiger partial charge in [0, 0.05) is 10.2 Å². The van der Waals surface area contributed by atoms with Crippen molar-refractivity contribution in [3.05, 3.63) is 58.1 Å². The average Bonchev–Trinajstić information content (AvgIpc) is 3.07. The number of benzene rings is 2. The molecule has 1 aromatic heterocycles. The van der Waals surface area contributed by atoms with E-state index < -0.39 is 0 Å². The quantitative estimate of drug-likeness (QED) is 0.494. The Morgan fingerprint density at radius 1 is 1.12 bits per heavy atom. The van der Waals surface area contributed by atoms with E-state index in [1.54, 1.807) is 0 Å². The Hall–Kier alpha value is -1.90. The molecule has 1 heterocycles. The van der Waals surface area contributed by atoms with Crippen molar-refractivity contribution in [2.45, 2.75) is 18.2 Å². The lowest BCUT2D eigenvalue weighted by Gasteiger charge is -2.08. The zero-order valence-corrected chi connectivity index (χ0v) is 17.5. The maximum atomic E-state index is 12.1. The van der Waals surface area contributed by atoms with Gasteiger partial charge in [-0.3, -0.25) is 4.79 Å². The normalized spacial score (nSPS) is 10.6. The van der Waals surface area contributed by atoms with E-state index in [4.69, 9.17) is 0 Å². The lowest BCUT2D eigenvalue weighted by atomic mass is 10.1. The molecule has 1 amide bonds. The predicted octanol–water partition coefficient (Wildman–Crippen LogP) is 5.39. The Morgan fingerprint density at radius 2 is 1.88 bits per heavy atom. The molecule has 0 bridgehead atoms. The molecule has 134 valence electrons. The molecule has 0 aliphatic carbocycles. The van der Waals surface area contributed by atoms with Crippen LogP contribution in [0.3, 0.4) is 0 Å². The fraction of sp³-hybridized carbons (Fsp3) is 0.167. The van der Waals surface area contributed by atoms with E-state index in [0.717, 1.165) is 20.2 Å². The Bertz CT molecular complexity index is 929. The van der Waals surface area contributed by atoms with Crippen LogP contribution in [0.4, 0.5) is 16.5 Å². The highest BCUT2D eigenvalue weighted by atomic mass is 79.9. The SMILES string of the molecule is Cc1cccc(Nc2nnc(SCC(=O)Nc3ccccc3Br)s2)c1C. The molecule has 0 saturated carbocycles.